The van der Waals surface area contributed by atoms with Gasteiger partial charge in [0.15, 0.2) is 6.29 Å². The third kappa shape index (κ3) is 3.10. The minimum Gasteiger partial charge on any atom is -0.469 e. The van der Waals surface area contributed by atoms with Crippen molar-refractivity contribution in [3.05, 3.63) is 37.8 Å². The van der Waals surface area contributed by atoms with Gasteiger partial charge in [-0.15, -0.1) is 0 Å². The Morgan fingerprint density at radius 1 is 1.59 bits per heavy atom. The molecule has 7 heteroatoms. The Morgan fingerprint density at radius 2 is 2.24 bits per heavy atom. The van der Waals surface area contributed by atoms with Crippen molar-refractivity contribution in [2.24, 2.45) is 0 Å². The molecule has 17 heavy (non-hydrogen) atoms. The van der Waals surface area contributed by atoms with E-state index in [0.29, 0.717) is 11.8 Å². The first kappa shape index (κ1) is 13.3. The second-order valence-corrected chi connectivity index (χ2v) is 3.98. The Bertz CT molecular complexity index is 486. The summed E-state index contributed by atoms with van der Waals surface area (Å²) in [6.07, 6.45) is 0.360. The molecule has 0 heterocycles. The lowest BCUT2D eigenvalue weighted by Gasteiger charge is -2.05. The van der Waals surface area contributed by atoms with Crippen molar-refractivity contribution in [1.82, 2.24) is 0 Å². The van der Waals surface area contributed by atoms with Crippen LogP contribution >= 0.6 is 15.9 Å². The highest BCUT2D eigenvalue weighted by Gasteiger charge is 2.17. The number of benzene rings is 1. The van der Waals surface area contributed by atoms with Gasteiger partial charge in [-0.2, -0.15) is 0 Å². The molecule has 0 aliphatic carbocycles. The summed E-state index contributed by atoms with van der Waals surface area (Å²) in [5.41, 5.74) is 0.260. The van der Waals surface area contributed by atoms with Gasteiger partial charge in [0.25, 0.3) is 5.69 Å². The van der Waals surface area contributed by atoms with E-state index in [1.54, 1.807) is 0 Å². The molecular weight excluding hydrogens is 294 g/mol. The molecule has 0 saturated carbocycles. The van der Waals surface area contributed by atoms with Crippen LogP contribution in [0.3, 0.4) is 0 Å². The van der Waals surface area contributed by atoms with E-state index in [9.17, 15) is 19.7 Å². The second-order valence-electron chi connectivity index (χ2n) is 3.13. The van der Waals surface area contributed by atoms with Crippen molar-refractivity contribution in [2.75, 3.05) is 7.11 Å². The molecular formula is C10H8BrNO5. The lowest BCUT2D eigenvalue weighted by Crippen LogP contribution is -2.07. The zero-order valence-electron chi connectivity index (χ0n) is 8.81. The SMILES string of the molecule is COC(=O)Cc1cc(Br)c([N+](=O)[O-])cc1C=O. The number of hydrogen-bond donors (Lipinski definition) is 0. The molecule has 0 spiro atoms. The van der Waals surface area contributed by atoms with Crippen LogP contribution in [0, 0.1) is 10.1 Å². The van der Waals surface area contributed by atoms with Crippen LogP contribution < -0.4 is 0 Å². The number of halogens is 1. The zero-order chi connectivity index (χ0) is 13.0. The van der Waals surface area contributed by atoms with Gasteiger partial charge in [-0.1, -0.05) is 0 Å². The molecule has 6 nitrogen and oxygen atoms in total. The molecule has 0 aliphatic rings. The number of aldehydes is 1. The summed E-state index contributed by atoms with van der Waals surface area (Å²) in [6, 6.07) is 2.49. The quantitative estimate of drug-likeness (QED) is 0.367. The van der Waals surface area contributed by atoms with Gasteiger partial charge in [-0.3, -0.25) is 19.7 Å². The van der Waals surface area contributed by atoms with Crippen molar-refractivity contribution >= 4 is 33.9 Å². The van der Waals surface area contributed by atoms with E-state index in [-0.39, 0.29) is 22.1 Å². The molecule has 1 aromatic carbocycles. The minimum atomic E-state index is -0.612. The maximum Gasteiger partial charge on any atom is 0.310 e. The normalized spacial score (nSPS) is 9.76. The zero-order valence-corrected chi connectivity index (χ0v) is 10.4. The van der Waals surface area contributed by atoms with Gasteiger partial charge in [0.2, 0.25) is 0 Å². The standard InChI is InChI=1S/C10H8BrNO5/c1-17-10(14)4-6-2-8(11)9(12(15)16)3-7(6)5-13/h2-3,5H,4H2,1H3. The fraction of sp³-hybridized carbons (Fsp3) is 0.200. The largest absolute Gasteiger partial charge is 0.469 e. The van der Waals surface area contributed by atoms with Crippen LogP contribution in [-0.2, 0) is 16.0 Å². The van der Waals surface area contributed by atoms with E-state index in [4.69, 9.17) is 0 Å². The van der Waals surface area contributed by atoms with E-state index in [0.717, 1.165) is 6.07 Å². The minimum absolute atomic E-state index is 0.102. The van der Waals surface area contributed by atoms with Crippen molar-refractivity contribution in [2.45, 2.75) is 6.42 Å². The maximum absolute atomic E-state index is 11.1. The average Bonchev–Trinajstić information content (AvgIpc) is 2.28. The number of nitrogens with zero attached hydrogens (tertiary/aromatic N) is 1. The molecule has 90 valence electrons. The number of nitro groups is 1. The van der Waals surface area contributed by atoms with Crippen LogP contribution in [-0.4, -0.2) is 24.3 Å². The molecule has 0 N–H and O–H groups in total. The molecule has 0 atom stereocenters. The second kappa shape index (κ2) is 5.53. The number of nitro benzene ring substituents is 1. The topological polar surface area (TPSA) is 86.5 Å². The Hall–Kier alpha value is -1.76. The Kier molecular flexibility index (Phi) is 4.33. The van der Waals surface area contributed by atoms with Crippen LogP contribution in [0.25, 0.3) is 0 Å². The highest BCUT2D eigenvalue weighted by Crippen LogP contribution is 2.28. The fourth-order valence-electron chi connectivity index (χ4n) is 1.25. The van der Waals surface area contributed by atoms with Crippen LogP contribution in [0.5, 0.6) is 0 Å². The number of esters is 1. The van der Waals surface area contributed by atoms with Crippen molar-refractivity contribution in [3.63, 3.8) is 0 Å². The van der Waals surface area contributed by atoms with Gasteiger partial charge in [-0.25, -0.2) is 0 Å². The van der Waals surface area contributed by atoms with Crippen LogP contribution in [0.1, 0.15) is 15.9 Å². The number of methoxy groups -OCH3 is 1. The molecule has 1 rings (SSSR count). The van der Waals surface area contributed by atoms with E-state index < -0.39 is 10.9 Å². The van der Waals surface area contributed by atoms with Gasteiger partial charge in [0.1, 0.15) is 0 Å². The molecule has 0 unspecified atom stereocenters. The monoisotopic (exact) mass is 301 g/mol. The summed E-state index contributed by atoms with van der Waals surface area (Å²) in [5, 5.41) is 10.6. The molecule has 0 bridgehead atoms. The highest BCUT2D eigenvalue weighted by molar-refractivity contribution is 9.10. The van der Waals surface area contributed by atoms with E-state index in [1.165, 1.54) is 13.2 Å². The van der Waals surface area contributed by atoms with Crippen LogP contribution in [0.2, 0.25) is 0 Å². The lowest BCUT2D eigenvalue weighted by atomic mass is 10.0. The number of carbonyl (C=O) groups is 2. The summed E-state index contributed by atoms with van der Waals surface area (Å²) in [5.74, 6) is -0.520. The third-order valence-electron chi connectivity index (χ3n) is 2.09. The predicted octanol–water partition coefficient (Wildman–Crippen LogP) is 1.89. The Balaban J connectivity index is 3.23. The molecule has 0 aromatic heterocycles. The molecule has 0 amide bonds. The van der Waals surface area contributed by atoms with Gasteiger partial charge in [-0.05, 0) is 27.6 Å². The van der Waals surface area contributed by atoms with E-state index in [1.807, 2.05) is 0 Å². The summed E-state index contributed by atoms with van der Waals surface area (Å²) < 4.78 is 4.68. The van der Waals surface area contributed by atoms with Gasteiger partial charge < -0.3 is 4.74 Å². The maximum atomic E-state index is 11.1. The van der Waals surface area contributed by atoms with Crippen LogP contribution in [0.15, 0.2) is 16.6 Å². The first-order valence-electron chi connectivity index (χ1n) is 4.48. The fourth-order valence-corrected chi connectivity index (χ4v) is 1.79. The van der Waals surface area contributed by atoms with Crippen molar-refractivity contribution in [1.29, 1.82) is 0 Å². The first-order chi connectivity index (χ1) is 7.99. The molecule has 0 fully saturated rings. The first-order valence-corrected chi connectivity index (χ1v) is 5.27. The lowest BCUT2D eigenvalue weighted by molar-refractivity contribution is -0.385. The number of rotatable bonds is 4. The van der Waals surface area contributed by atoms with Gasteiger partial charge in [0.05, 0.1) is 22.9 Å². The average molecular weight is 302 g/mol. The number of ether oxygens (including phenoxy) is 1. The van der Waals surface area contributed by atoms with E-state index in [2.05, 4.69) is 20.7 Å². The number of carbonyl (C=O) groups excluding carboxylic acids is 2. The predicted molar refractivity (Wildman–Crippen MR) is 61.9 cm³/mol. The molecule has 0 radical (unpaired) electrons. The summed E-state index contributed by atoms with van der Waals surface area (Å²) in [6.45, 7) is 0. The summed E-state index contributed by atoms with van der Waals surface area (Å²) in [4.78, 5) is 31.9. The molecule has 0 saturated heterocycles. The molecule has 1 aromatic rings. The summed E-state index contributed by atoms with van der Waals surface area (Å²) in [7, 11) is 1.23. The van der Waals surface area contributed by atoms with Crippen molar-refractivity contribution in [3.8, 4) is 0 Å². The molecule has 0 aliphatic heterocycles. The Labute approximate surface area is 105 Å². The number of hydrogen-bond acceptors (Lipinski definition) is 5. The highest BCUT2D eigenvalue weighted by atomic mass is 79.9. The third-order valence-corrected chi connectivity index (χ3v) is 2.73. The summed E-state index contributed by atoms with van der Waals surface area (Å²) >= 11 is 3.01. The van der Waals surface area contributed by atoms with Gasteiger partial charge >= 0.3 is 5.97 Å². The van der Waals surface area contributed by atoms with Crippen LogP contribution in [0.4, 0.5) is 5.69 Å². The smallest absolute Gasteiger partial charge is 0.310 e. The van der Waals surface area contributed by atoms with Gasteiger partial charge in [0, 0.05) is 11.6 Å². The Morgan fingerprint density at radius 3 is 2.71 bits per heavy atom. The van der Waals surface area contributed by atoms with E-state index >= 15 is 0 Å². The van der Waals surface area contributed by atoms with Crippen molar-refractivity contribution < 1.29 is 19.2 Å².